The van der Waals surface area contributed by atoms with E-state index in [9.17, 15) is 0 Å². The Morgan fingerprint density at radius 1 is 0.431 bits per heavy atom. The summed E-state index contributed by atoms with van der Waals surface area (Å²) in [6.45, 7) is 4.70. The molecule has 0 bridgehead atoms. The summed E-state index contributed by atoms with van der Waals surface area (Å²) in [6, 6.07) is 63.7. The van der Waals surface area contributed by atoms with Crippen LogP contribution in [0.25, 0.3) is 66.1 Å². The monoisotopic (exact) mass is 653 g/mol. The SMILES string of the molecule is CC1(C)c2ccccc2-c2ccc(N(c3ccc(-c4ccccc4)cc3)c3c(-c4ccccc4)ccc4oc5cc6ccccc6cc5c34)cc21. The van der Waals surface area contributed by atoms with Crippen molar-refractivity contribution in [3.63, 3.8) is 0 Å². The van der Waals surface area contributed by atoms with E-state index in [1.165, 1.54) is 44.2 Å². The van der Waals surface area contributed by atoms with E-state index in [2.05, 4.69) is 195 Å². The van der Waals surface area contributed by atoms with Crippen LogP contribution in [0.3, 0.4) is 0 Å². The summed E-state index contributed by atoms with van der Waals surface area (Å²) in [5, 5.41) is 4.57. The van der Waals surface area contributed by atoms with E-state index in [0.717, 1.165) is 50.1 Å². The molecule has 242 valence electrons. The van der Waals surface area contributed by atoms with Gasteiger partial charge in [0.2, 0.25) is 0 Å². The third-order valence-electron chi connectivity index (χ3n) is 10.8. The van der Waals surface area contributed by atoms with Gasteiger partial charge in [-0.15, -0.1) is 0 Å². The van der Waals surface area contributed by atoms with E-state index in [-0.39, 0.29) is 5.41 Å². The predicted octanol–water partition coefficient (Wildman–Crippen LogP) is 13.8. The molecule has 1 heterocycles. The summed E-state index contributed by atoms with van der Waals surface area (Å²) >= 11 is 0. The average Bonchev–Trinajstić information content (AvgIpc) is 3.66. The molecule has 0 unspecified atom stereocenters. The van der Waals surface area contributed by atoms with Crippen molar-refractivity contribution in [3.05, 3.63) is 187 Å². The Labute approximate surface area is 297 Å². The largest absolute Gasteiger partial charge is 0.456 e. The standard InChI is InChI=1S/C49H35NO/c1-49(2)43-20-12-11-19-40(43)41-26-25-38(31-44(41)49)50(37-23-21-33(22-24-37)32-13-5-3-6-14-32)48-39(34-15-7-4-8-16-34)27-28-45-47(48)42-29-35-17-9-10-18-36(35)30-46(42)51-45/h3-31H,1-2H3. The molecule has 0 atom stereocenters. The van der Waals surface area contributed by atoms with Crippen molar-refractivity contribution >= 4 is 49.8 Å². The van der Waals surface area contributed by atoms with E-state index in [0.29, 0.717) is 0 Å². The highest BCUT2D eigenvalue weighted by atomic mass is 16.3. The average molecular weight is 654 g/mol. The van der Waals surface area contributed by atoms with E-state index in [1.54, 1.807) is 0 Å². The third-order valence-corrected chi connectivity index (χ3v) is 10.8. The van der Waals surface area contributed by atoms with Gasteiger partial charge in [-0.05, 0) is 98.2 Å². The molecular weight excluding hydrogens is 619 g/mol. The van der Waals surface area contributed by atoms with Crippen LogP contribution in [-0.4, -0.2) is 0 Å². The van der Waals surface area contributed by atoms with E-state index >= 15 is 0 Å². The third kappa shape index (κ3) is 4.64. The number of fused-ring (bicyclic) bond motifs is 7. The van der Waals surface area contributed by atoms with Crippen molar-refractivity contribution in [1.29, 1.82) is 0 Å². The van der Waals surface area contributed by atoms with Crippen LogP contribution < -0.4 is 4.90 Å². The zero-order valence-corrected chi connectivity index (χ0v) is 28.6. The minimum Gasteiger partial charge on any atom is -0.456 e. The van der Waals surface area contributed by atoms with Gasteiger partial charge in [0.05, 0.1) is 11.1 Å². The van der Waals surface area contributed by atoms with Crippen molar-refractivity contribution in [2.24, 2.45) is 0 Å². The molecule has 0 saturated carbocycles. The molecule has 10 rings (SSSR count). The number of rotatable bonds is 5. The lowest BCUT2D eigenvalue weighted by molar-refractivity contribution is 0.660. The van der Waals surface area contributed by atoms with Gasteiger partial charge >= 0.3 is 0 Å². The van der Waals surface area contributed by atoms with Crippen molar-refractivity contribution < 1.29 is 4.42 Å². The van der Waals surface area contributed by atoms with Crippen LogP contribution >= 0.6 is 0 Å². The molecule has 51 heavy (non-hydrogen) atoms. The molecule has 1 aliphatic carbocycles. The Balaban J connectivity index is 1.29. The van der Waals surface area contributed by atoms with Gasteiger partial charge in [0.1, 0.15) is 11.2 Å². The first-order valence-electron chi connectivity index (χ1n) is 17.7. The smallest absolute Gasteiger partial charge is 0.137 e. The normalized spacial score (nSPS) is 13.1. The summed E-state index contributed by atoms with van der Waals surface area (Å²) in [7, 11) is 0. The van der Waals surface area contributed by atoms with Gasteiger partial charge in [0.15, 0.2) is 0 Å². The van der Waals surface area contributed by atoms with Crippen LogP contribution in [0.1, 0.15) is 25.0 Å². The van der Waals surface area contributed by atoms with Crippen molar-refractivity contribution in [2.75, 3.05) is 4.90 Å². The topological polar surface area (TPSA) is 16.4 Å². The Bertz CT molecular complexity index is 2760. The second kappa shape index (κ2) is 11.3. The van der Waals surface area contributed by atoms with Gasteiger partial charge in [-0.25, -0.2) is 0 Å². The van der Waals surface area contributed by atoms with Crippen molar-refractivity contribution in [3.8, 4) is 33.4 Å². The molecule has 2 heteroatoms. The first-order chi connectivity index (χ1) is 25.0. The highest BCUT2D eigenvalue weighted by molar-refractivity contribution is 6.19. The van der Waals surface area contributed by atoms with Crippen molar-refractivity contribution in [2.45, 2.75) is 19.3 Å². The Kier molecular flexibility index (Phi) is 6.56. The summed E-state index contributed by atoms with van der Waals surface area (Å²) in [5.74, 6) is 0. The van der Waals surface area contributed by atoms with E-state index < -0.39 is 0 Å². The Morgan fingerprint density at radius 2 is 1.02 bits per heavy atom. The summed E-state index contributed by atoms with van der Waals surface area (Å²) in [6.07, 6.45) is 0. The molecule has 0 radical (unpaired) electrons. The summed E-state index contributed by atoms with van der Waals surface area (Å²) in [5.41, 5.74) is 15.0. The first kappa shape index (κ1) is 29.5. The second-order valence-electron chi connectivity index (χ2n) is 14.1. The Hall–Kier alpha value is -6.38. The highest BCUT2D eigenvalue weighted by Gasteiger charge is 2.36. The van der Waals surface area contributed by atoms with E-state index in [1.807, 2.05) is 0 Å². The lowest BCUT2D eigenvalue weighted by Crippen LogP contribution is -2.17. The molecule has 0 saturated heterocycles. The zero-order valence-electron chi connectivity index (χ0n) is 28.6. The van der Waals surface area contributed by atoms with Crippen LogP contribution in [0.2, 0.25) is 0 Å². The molecular formula is C49H35NO. The van der Waals surface area contributed by atoms with Gasteiger partial charge in [-0.2, -0.15) is 0 Å². The molecule has 2 nitrogen and oxygen atoms in total. The van der Waals surface area contributed by atoms with E-state index in [4.69, 9.17) is 4.42 Å². The van der Waals surface area contributed by atoms with Crippen LogP contribution in [-0.2, 0) is 5.41 Å². The van der Waals surface area contributed by atoms with Crippen LogP contribution in [0.15, 0.2) is 180 Å². The zero-order chi connectivity index (χ0) is 34.1. The lowest BCUT2D eigenvalue weighted by Gasteiger charge is -2.30. The maximum atomic E-state index is 6.71. The molecule has 0 aliphatic heterocycles. The number of benzene rings is 8. The molecule has 9 aromatic rings. The minimum atomic E-state index is -0.139. The number of anilines is 3. The second-order valence-corrected chi connectivity index (χ2v) is 14.1. The van der Waals surface area contributed by atoms with Gasteiger partial charge in [-0.3, -0.25) is 0 Å². The first-order valence-corrected chi connectivity index (χ1v) is 17.7. The highest BCUT2D eigenvalue weighted by Crippen LogP contribution is 2.53. The van der Waals surface area contributed by atoms with Gasteiger partial charge < -0.3 is 9.32 Å². The number of furan rings is 1. The van der Waals surface area contributed by atoms with Crippen LogP contribution in [0.5, 0.6) is 0 Å². The lowest BCUT2D eigenvalue weighted by atomic mass is 9.82. The van der Waals surface area contributed by atoms with Gasteiger partial charge in [0, 0.05) is 27.7 Å². The Morgan fingerprint density at radius 3 is 1.78 bits per heavy atom. The molecule has 8 aromatic carbocycles. The quantitative estimate of drug-likeness (QED) is 0.184. The molecule has 0 amide bonds. The van der Waals surface area contributed by atoms with Crippen LogP contribution in [0, 0.1) is 0 Å². The van der Waals surface area contributed by atoms with Gasteiger partial charge in [-0.1, -0.05) is 141 Å². The molecule has 1 aliphatic rings. The maximum absolute atomic E-state index is 6.71. The molecule has 0 N–H and O–H groups in total. The number of hydrogen-bond acceptors (Lipinski definition) is 2. The summed E-state index contributed by atoms with van der Waals surface area (Å²) in [4.78, 5) is 2.46. The fourth-order valence-electron chi connectivity index (χ4n) is 8.29. The fourth-order valence-corrected chi connectivity index (χ4v) is 8.29. The maximum Gasteiger partial charge on any atom is 0.137 e. The number of hydrogen-bond donors (Lipinski definition) is 0. The van der Waals surface area contributed by atoms with Crippen LogP contribution in [0.4, 0.5) is 17.1 Å². The summed E-state index contributed by atoms with van der Waals surface area (Å²) < 4.78 is 6.71. The van der Waals surface area contributed by atoms with Gasteiger partial charge in [0.25, 0.3) is 0 Å². The predicted molar refractivity (Wildman–Crippen MR) is 214 cm³/mol. The number of nitrogens with zero attached hydrogens (tertiary/aromatic N) is 1. The molecule has 0 spiro atoms. The fraction of sp³-hybridized carbons (Fsp3) is 0.0612. The molecule has 0 fully saturated rings. The minimum absolute atomic E-state index is 0.139. The van der Waals surface area contributed by atoms with Crippen molar-refractivity contribution in [1.82, 2.24) is 0 Å². The molecule has 1 aromatic heterocycles.